The third-order valence-electron chi connectivity index (χ3n) is 3.17. The summed E-state index contributed by atoms with van der Waals surface area (Å²) in [4.78, 5) is 6.92. The number of aliphatic imine (C=N–C) groups is 1. The number of nitrogens with one attached hydrogen (secondary N) is 1. The van der Waals surface area contributed by atoms with E-state index in [0.717, 1.165) is 31.1 Å². The quantitative estimate of drug-likeness (QED) is 0.302. The Morgan fingerprint density at radius 1 is 1.67 bits per heavy atom. The van der Waals surface area contributed by atoms with Gasteiger partial charge in [-0.1, -0.05) is 13.0 Å². The summed E-state index contributed by atoms with van der Waals surface area (Å²) in [6.07, 6.45) is 4.46. The van der Waals surface area contributed by atoms with E-state index in [0.29, 0.717) is 12.0 Å². The summed E-state index contributed by atoms with van der Waals surface area (Å²) in [5.74, 6) is 2.61. The SMILES string of the molecule is C=CCSCCNC(N)=NCC1CCCN1CC. The number of likely N-dealkylation sites (tertiary alicyclic amines) is 1. The summed E-state index contributed by atoms with van der Waals surface area (Å²) in [5, 5.41) is 3.15. The molecule has 0 spiro atoms. The highest BCUT2D eigenvalue weighted by molar-refractivity contribution is 7.99. The van der Waals surface area contributed by atoms with Gasteiger partial charge >= 0.3 is 0 Å². The van der Waals surface area contributed by atoms with E-state index in [2.05, 4.69) is 28.7 Å². The third-order valence-corrected chi connectivity index (χ3v) is 4.13. The molecular weight excluding hydrogens is 244 g/mol. The number of guanidine groups is 1. The average Bonchev–Trinajstić information content (AvgIpc) is 2.83. The van der Waals surface area contributed by atoms with Gasteiger partial charge in [0.25, 0.3) is 0 Å². The monoisotopic (exact) mass is 270 g/mol. The molecule has 0 aliphatic carbocycles. The highest BCUT2D eigenvalue weighted by Crippen LogP contribution is 2.16. The maximum absolute atomic E-state index is 5.84. The van der Waals surface area contributed by atoms with Crippen LogP contribution in [-0.2, 0) is 0 Å². The standard InChI is InChI=1S/C13H26N4S/c1-3-9-18-10-7-15-13(14)16-11-12-6-5-8-17(12)4-2/h3,12H,1,4-11H2,2H3,(H3,14,15,16). The Balaban J connectivity index is 2.14. The zero-order valence-electron chi connectivity index (χ0n) is 11.4. The fourth-order valence-electron chi connectivity index (χ4n) is 2.20. The van der Waals surface area contributed by atoms with Crippen LogP contribution < -0.4 is 11.1 Å². The number of thioether (sulfide) groups is 1. The van der Waals surface area contributed by atoms with Crippen LogP contribution in [0.25, 0.3) is 0 Å². The van der Waals surface area contributed by atoms with Crippen molar-refractivity contribution in [1.82, 2.24) is 10.2 Å². The summed E-state index contributed by atoms with van der Waals surface area (Å²) < 4.78 is 0. The van der Waals surface area contributed by atoms with Crippen LogP contribution in [0.3, 0.4) is 0 Å². The number of nitrogens with two attached hydrogens (primary N) is 1. The molecule has 1 rings (SSSR count). The Labute approximate surface area is 115 Å². The molecular formula is C13H26N4S. The predicted molar refractivity (Wildman–Crippen MR) is 82.3 cm³/mol. The first-order valence-corrected chi connectivity index (χ1v) is 7.89. The normalized spacial score (nSPS) is 21.2. The molecule has 0 aromatic heterocycles. The first-order chi connectivity index (χ1) is 8.77. The van der Waals surface area contributed by atoms with E-state index >= 15 is 0 Å². The van der Waals surface area contributed by atoms with Crippen molar-refractivity contribution in [3.63, 3.8) is 0 Å². The molecule has 18 heavy (non-hydrogen) atoms. The van der Waals surface area contributed by atoms with Crippen molar-refractivity contribution in [1.29, 1.82) is 0 Å². The molecule has 3 N–H and O–H groups in total. The average molecular weight is 270 g/mol. The first-order valence-electron chi connectivity index (χ1n) is 6.74. The van der Waals surface area contributed by atoms with Crippen molar-refractivity contribution in [3.8, 4) is 0 Å². The predicted octanol–water partition coefficient (Wildman–Crippen LogP) is 1.29. The van der Waals surface area contributed by atoms with Crippen molar-refractivity contribution < 1.29 is 0 Å². The summed E-state index contributed by atoms with van der Waals surface area (Å²) in [6, 6.07) is 0.588. The molecule has 5 heteroatoms. The molecule has 1 unspecified atom stereocenters. The van der Waals surface area contributed by atoms with Crippen molar-refractivity contribution in [3.05, 3.63) is 12.7 Å². The highest BCUT2D eigenvalue weighted by atomic mass is 32.2. The van der Waals surface area contributed by atoms with Gasteiger partial charge in [-0.25, -0.2) is 0 Å². The molecule has 1 aliphatic rings. The number of nitrogens with zero attached hydrogens (tertiary/aromatic N) is 2. The molecule has 0 aromatic rings. The largest absolute Gasteiger partial charge is 0.370 e. The zero-order chi connectivity index (χ0) is 13.2. The van der Waals surface area contributed by atoms with Crippen LogP contribution in [0.15, 0.2) is 17.6 Å². The molecule has 0 bridgehead atoms. The Morgan fingerprint density at radius 3 is 3.22 bits per heavy atom. The smallest absolute Gasteiger partial charge is 0.188 e. The van der Waals surface area contributed by atoms with Crippen molar-refractivity contribution in [2.24, 2.45) is 10.7 Å². The fraction of sp³-hybridized carbons (Fsp3) is 0.769. The molecule has 104 valence electrons. The van der Waals surface area contributed by atoms with Crippen LogP contribution >= 0.6 is 11.8 Å². The summed E-state index contributed by atoms with van der Waals surface area (Å²) in [6.45, 7) is 9.92. The van der Waals surface area contributed by atoms with Crippen molar-refractivity contribution in [2.45, 2.75) is 25.8 Å². The van der Waals surface area contributed by atoms with Gasteiger partial charge < -0.3 is 11.1 Å². The second kappa shape index (κ2) is 9.28. The fourth-order valence-corrected chi connectivity index (χ4v) is 2.78. The molecule has 0 radical (unpaired) electrons. The van der Waals surface area contributed by atoms with E-state index in [9.17, 15) is 0 Å². The van der Waals surface area contributed by atoms with Crippen LogP contribution in [0.2, 0.25) is 0 Å². The maximum atomic E-state index is 5.84. The minimum absolute atomic E-state index is 0.581. The van der Waals surface area contributed by atoms with Gasteiger partial charge in [-0.3, -0.25) is 9.89 Å². The van der Waals surface area contributed by atoms with Crippen LogP contribution in [0.1, 0.15) is 19.8 Å². The van der Waals surface area contributed by atoms with Crippen LogP contribution in [0.4, 0.5) is 0 Å². The Kier molecular flexibility index (Phi) is 7.93. The molecule has 0 aromatic carbocycles. The molecule has 0 amide bonds. The van der Waals surface area contributed by atoms with E-state index < -0.39 is 0 Å². The van der Waals surface area contributed by atoms with Gasteiger partial charge in [0, 0.05) is 24.1 Å². The lowest BCUT2D eigenvalue weighted by Crippen LogP contribution is -2.36. The lowest BCUT2D eigenvalue weighted by atomic mass is 10.2. The van der Waals surface area contributed by atoms with E-state index in [1.807, 2.05) is 17.8 Å². The van der Waals surface area contributed by atoms with Gasteiger partial charge in [0.15, 0.2) is 5.96 Å². The molecule has 0 saturated carbocycles. The van der Waals surface area contributed by atoms with E-state index in [1.165, 1.54) is 19.4 Å². The summed E-state index contributed by atoms with van der Waals surface area (Å²) in [5.41, 5.74) is 5.84. The maximum Gasteiger partial charge on any atom is 0.188 e. The van der Waals surface area contributed by atoms with Crippen molar-refractivity contribution in [2.75, 3.05) is 37.7 Å². The summed E-state index contributed by atoms with van der Waals surface area (Å²) in [7, 11) is 0. The molecule has 1 aliphatic heterocycles. The minimum Gasteiger partial charge on any atom is -0.370 e. The molecule has 1 atom stereocenters. The Bertz CT molecular complexity index is 268. The van der Waals surface area contributed by atoms with E-state index in [-0.39, 0.29) is 0 Å². The van der Waals surface area contributed by atoms with Crippen LogP contribution in [0, 0.1) is 0 Å². The van der Waals surface area contributed by atoms with E-state index in [4.69, 9.17) is 5.73 Å². The second-order valence-electron chi connectivity index (χ2n) is 4.44. The Morgan fingerprint density at radius 2 is 2.50 bits per heavy atom. The number of rotatable bonds is 8. The zero-order valence-corrected chi connectivity index (χ0v) is 12.2. The van der Waals surface area contributed by atoms with Gasteiger partial charge in [0.2, 0.25) is 0 Å². The lowest BCUT2D eigenvalue weighted by molar-refractivity contribution is 0.273. The topological polar surface area (TPSA) is 53.6 Å². The van der Waals surface area contributed by atoms with Crippen LogP contribution in [-0.4, -0.2) is 54.6 Å². The molecule has 1 heterocycles. The minimum atomic E-state index is 0.581. The molecule has 1 saturated heterocycles. The third kappa shape index (κ3) is 5.78. The number of hydrogen-bond donors (Lipinski definition) is 2. The van der Waals surface area contributed by atoms with Crippen LogP contribution in [0.5, 0.6) is 0 Å². The highest BCUT2D eigenvalue weighted by Gasteiger charge is 2.22. The van der Waals surface area contributed by atoms with Gasteiger partial charge in [-0.05, 0) is 25.9 Å². The van der Waals surface area contributed by atoms with Gasteiger partial charge in [-0.2, -0.15) is 11.8 Å². The van der Waals surface area contributed by atoms with Gasteiger partial charge in [0.1, 0.15) is 0 Å². The summed E-state index contributed by atoms with van der Waals surface area (Å²) >= 11 is 1.84. The number of hydrogen-bond acceptors (Lipinski definition) is 3. The van der Waals surface area contributed by atoms with Gasteiger partial charge in [0.05, 0.1) is 6.54 Å². The first kappa shape index (κ1) is 15.4. The van der Waals surface area contributed by atoms with Crippen molar-refractivity contribution >= 4 is 17.7 Å². The lowest BCUT2D eigenvalue weighted by Gasteiger charge is -2.20. The van der Waals surface area contributed by atoms with E-state index in [1.54, 1.807) is 0 Å². The molecule has 1 fully saturated rings. The number of likely N-dealkylation sites (N-methyl/N-ethyl adjacent to an activating group) is 1. The van der Waals surface area contributed by atoms with Gasteiger partial charge in [-0.15, -0.1) is 6.58 Å². The Hall–Kier alpha value is -0.680. The molecule has 4 nitrogen and oxygen atoms in total. The second-order valence-corrected chi connectivity index (χ2v) is 5.59.